The molecule has 0 N–H and O–H groups in total. The van der Waals surface area contributed by atoms with Crippen molar-refractivity contribution in [3.05, 3.63) is 30.4 Å². The van der Waals surface area contributed by atoms with Gasteiger partial charge >= 0.3 is 0 Å². The molecular formula is C18H25N3O3. The van der Waals surface area contributed by atoms with Crippen molar-refractivity contribution in [3.63, 3.8) is 0 Å². The minimum atomic E-state index is -0.00905. The van der Waals surface area contributed by atoms with Crippen molar-refractivity contribution in [3.8, 4) is 0 Å². The molecule has 24 heavy (non-hydrogen) atoms. The minimum Gasteiger partial charge on any atom is -0.380 e. The van der Waals surface area contributed by atoms with Gasteiger partial charge in [0.05, 0.1) is 26.1 Å². The average molecular weight is 331 g/mol. The van der Waals surface area contributed by atoms with E-state index in [2.05, 4.69) is 16.0 Å². The lowest BCUT2D eigenvalue weighted by Gasteiger charge is -2.54. The highest BCUT2D eigenvalue weighted by atomic mass is 16.5. The summed E-state index contributed by atoms with van der Waals surface area (Å²) >= 11 is 0. The molecule has 130 valence electrons. The average Bonchev–Trinajstić information content (AvgIpc) is 3.15. The van der Waals surface area contributed by atoms with E-state index in [1.54, 1.807) is 12.5 Å². The Balaban J connectivity index is 1.59. The Bertz CT molecular complexity index is 609. The summed E-state index contributed by atoms with van der Waals surface area (Å²) in [6.07, 6.45) is 11.5. The van der Waals surface area contributed by atoms with Gasteiger partial charge in [0, 0.05) is 37.0 Å². The van der Waals surface area contributed by atoms with Gasteiger partial charge in [0.2, 0.25) is 5.91 Å². The SMILES string of the molecule is O=C(Cn1ccnc1)N1CCC[C@@]2(C3=CCOCC3)COCC[C@H]12. The van der Waals surface area contributed by atoms with Gasteiger partial charge in [-0.2, -0.15) is 0 Å². The van der Waals surface area contributed by atoms with Crippen LogP contribution in [0.15, 0.2) is 30.4 Å². The van der Waals surface area contributed by atoms with E-state index in [4.69, 9.17) is 9.47 Å². The Hall–Kier alpha value is -1.66. The number of nitrogens with zero attached hydrogens (tertiary/aromatic N) is 3. The maximum Gasteiger partial charge on any atom is 0.242 e. The summed E-state index contributed by atoms with van der Waals surface area (Å²) in [6.45, 7) is 4.17. The van der Waals surface area contributed by atoms with E-state index in [0.717, 1.165) is 52.0 Å². The highest BCUT2D eigenvalue weighted by Gasteiger charge is 2.50. The molecule has 3 aliphatic rings. The second kappa shape index (κ2) is 6.69. The number of carbonyl (C=O) groups excluding carboxylic acids is 1. The Morgan fingerprint density at radius 3 is 3.12 bits per heavy atom. The standard InChI is InChI=1S/C18H25N3O3/c22-17(12-20-8-6-19-14-20)21-7-1-5-18(13-24-11-4-16(18)21)15-2-9-23-10-3-15/h2,6,8,14,16H,1,3-5,7,9-13H2/t16-,18-/m0/s1. The number of imidazole rings is 1. The number of fused-ring (bicyclic) bond motifs is 1. The van der Waals surface area contributed by atoms with Gasteiger partial charge in [-0.15, -0.1) is 0 Å². The van der Waals surface area contributed by atoms with Gasteiger partial charge in [0.25, 0.3) is 0 Å². The first-order chi connectivity index (χ1) is 11.8. The summed E-state index contributed by atoms with van der Waals surface area (Å²) in [6, 6.07) is 0.250. The number of likely N-dealkylation sites (tertiary alicyclic amines) is 1. The van der Waals surface area contributed by atoms with Crippen molar-refractivity contribution < 1.29 is 14.3 Å². The Labute approximate surface area is 142 Å². The molecule has 0 aromatic carbocycles. The van der Waals surface area contributed by atoms with Crippen molar-refractivity contribution in [2.45, 2.75) is 38.3 Å². The number of hydrogen-bond acceptors (Lipinski definition) is 4. The van der Waals surface area contributed by atoms with E-state index in [1.807, 2.05) is 10.8 Å². The first-order valence-electron chi connectivity index (χ1n) is 8.90. The summed E-state index contributed by atoms with van der Waals surface area (Å²) in [7, 11) is 0. The smallest absolute Gasteiger partial charge is 0.242 e. The molecule has 4 rings (SSSR count). The zero-order valence-electron chi connectivity index (χ0n) is 14.0. The van der Waals surface area contributed by atoms with E-state index in [1.165, 1.54) is 5.57 Å². The predicted octanol–water partition coefficient (Wildman–Crippen LogP) is 1.63. The number of piperidine rings is 1. The third-order valence-electron chi connectivity index (χ3n) is 5.73. The van der Waals surface area contributed by atoms with Gasteiger partial charge in [-0.05, 0) is 25.7 Å². The number of hydrogen-bond donors (Lipinski definition) is 0. The van der Waals surface area contributed by atoms with Gasteiger partial charge in [0.1, 0.15) is 6.54 Å². The van der Waals surface area contributed by atoms with Crippen LogP contribution in [0.25, 0.3) is 0 Å². The van der Waals surface area contributed by atoms with Crippen LogP contribution in [0, 0.1) is 5.41 Å². The molecular weight excluding hydrogens is 306 g/mol. The van der Waals surface area contributed by atoms with Crippen LogP contribution in [0.2, 0.25) is 0 Å². The Morgan fingerprint density at radius 2 is 2.33 bits per heavy atom. The van der Waals surface area contributed by atoms with E-state index in [0.29, 0.717) is 13.2 Å². The van der Waals surface area contributed by atoms with Crippen LogP contribution in [-0.2, 0) is 20.8 Å². The number of ether oxygens (including phenoxy) is 2. The minimum absolute atomic E-state index is 0.00905. The largest absolute Gasteiger partial charge is 0.380 e. The normalized spacial score (nSPS) is 30.6. The van der Waals surface area contributed by atoms with Crippen LogP contribution >= 0.6 is 0 Å². The molecule has 6 heteroatoms. The number of carbonyl (C=O) groups is 1. The molecule has 1 amide bonds. The van der Waals surface area contributed by atoms with Gasteiger partial charge in [-0.3, -0.25) is 4.79 Å². The zero-order chi connectivity index (χ0) is 16.4. The second-order valence-corrected chi connectivity index (χ2v) is 6.99. The topological polar surface area (TPSA) is 56.6 Å². The maximum atomic E-state index is 12.9. The molecule has 2 saturated heterocycles. The van der Waals surface area contributed by atoms with E-state index < -0.39 is 0 Å². The second-order valence-electron chi connectivity index (χ2n) is 6.99. The molecule has 6 nitrogen and oxygen atoms in total. The highest BCUT2D eigenvalue weighted by molar-refractivity contribution is 5.76. The lowest BCUT2D eigenvalue weighted by Crippen LogP contribution is -2.60. The Kier molecular flexibility index (Phi) is 4.41. The fourth-order valence-corrected chi connectivity index (χ4v) is 4.61. The molecule has 1 aromatic rings. The molecule has 1 aromatic heterocycles. The summed E-state index contributed by atoms with van der Waals surface area (Å²) in [5.41, 5.74) is 1.43. The molecule has 2 atom stereocenters. The van der Waals surface area contributed by atoms with Crippen LogP contribution in [0.5, 0.6) is 0 Å². The third-order valence-corrected chi connectivity index (χ3v) is 5.73. The summed E-state index contributed by atoms with van der Waals surface area (Å²) < 4.78 is 13.3. The van der Waals surface area contributed by atoms with Crippen molar-refractivity contribution in [2.24, 2.45) is 5.41 Å². The monoisotopic (exact) mass is 331 g/mol. The Morgan fingerprint density at radius 1 is 1.38 bits per heavy atom. The molecule has 0 radical (unpaired) electrons. The number of aromatic nitrogens is 2. The van der Waals surface area contributed by atoms with Crippen molar-refractivity contribution in [1.82, 2.24) is 14.5 Å². The number of rotatable bonds is 3. The quantitative estimate of drug-likeness (QED) is 0.790. The van der Waals surface area contributed by atoms with Gasteiger partial charge in [0.15, 0.2) is 0 Å². The van der Waals surface area contributed by atoms with Crippen LogP contribution in [0.4, 0.5) is 0 Å². The summed E-state index contributed by atoms with van der Waals surface area (Å²) in [5, 5.41) is 0. The van der Waals surface area contributed by atoms with Crippen molar-refractivity contribution >= 4 is 5.91 Å². The first kappa shape index (κ1) is 15.8. The van der Waals surface area contributed by atoms with Crippen LogP contribution in [0.3, 0.4) is 0 Å². The van der Waals surface area contributed by atoms with Crippen molar-refractivity contribution in [1.29, 1.82) is 0 Å². The molecule has 0 spiro atoms. The third kappa shape index (κ3) is 2.78. The predicted molar refractivity (Wildman–Crippen MR) is 88.4 cm³/mol. The summed E-state index contributed by atoms with van der Waals surface area (Å²) in [4.78, 5) is 19.1. The van der Waals surface area contributed by atoms with Crippen LogP contribution in [0.1, 0.15) is 25.7 Å². The van der Waals surface area contributed by atoms with Crippen LogP contribution in [-0.4, -0.2) is 59.4 Å². The maximum absolute atomic E-state index is 12.9. The lowest BCUT2D eigenvalue weighted by molar-refractivity contribution is -0.147. The van der Waals surface area contributed by atoms with Crippen molar-refractivity contribution in [2.75, 3.05) is 33.0 Å². The van der Waals surface area contributed by atoms with Gasteiger partial charge < -0.3 is 18.9 Å². The lowest BCUT2D eigenvalue weighted by atomic mass is 9.65. The van der Waals surface area contributed by atoms with Gasteiger partial charge in [-0.25, -0.2) is 4.98 Å². The van der Waals surface area contributed by atoms with E-state index >= 15 is 0 Å². The molecule has 0 unspecified atom stereocenters. The fraction of sp³-hybridized carbons (Fsp3) is 0.667. The first-order valence-corrected chi connectivity index (χ1v) is 8.90. The fourth-order valence-electron chi connectivity index (χ4n) is 4.61. The summed E-state index contributed by atoms with van der Waals surface area (Å²) in [5.74, 6) is 0.191. The van der Waals surface area contributed by atoms with E-state index in [-0.39, 0.29) is 17.4 Å². The molecule has 4 heterocycles. The van der Waals surface area contributed by atoms with Crippen LogP contribution < -0.4 is 0 Å². The molecule has 0 aliphatic carbocycles. The van der Waals surface area contributed by atoms with Gasteiger partial charge in [-0.1, -0.05) is 11.6 Å². The molecule has 2 fully saturated rings. The molecule has 3 aliphatic heterocycles. The molecule has 0 bridgehead atoms. The highest BCUT2D eigenvalue weighted by Crippen LogP contribution is 2.47. The number of amides is 1. The zero-order valence-corrected chi connectivity index (χ0v) is 14.0. The molecule has 0 saturated carbocycles. The van der Waals surface area contributed by atoms with E-state index in [9.17, 15) is 4.79 Å².